The number of benzene rings is 1. The molecular formula is C33H46ClN9O3Si. The van der Waals surface area contributed by atoms with Crippen molar-refractivity contribution in [2.75, 3.05) is 56.4 Å². The van der Waals surface area contributed by atoms with E-state index >= 15 is 0 Å². The number of piperidine rings is 1. The Morgan fingerprint density at radius 2 is 1.91 bits per heavy atom. The molecule has 252 valence electrons. The molecule has 1 aliphatic rings. The van der Waals surface area contributed by atoms with Gasteiger partial charge in [0.25, 0.3) is 0 Å². The summed E-state index contributed by atoms with van der Waals surface area (Å²) >= 11 is 6.81. The molecule has 1 fully saturated rings. The zero-order chi connectivity index (χ0) is 33.9. The highest BCUT2D eigenvalue weighted by atomic mass is 35.5. The smallest absolute Gasteiger partial charge is 0.247 e. The minimum Gasteiger partial charge on any atom is -0.494 e. The zero-order valence-corrected chi connectivity index (χ0v) is 30.2. The zero-order valence-electron chi connectivity index (χ0n) is 28.4. The molecule has 0 unspecified atom stereocenters. The Morgan fingerprint density at radius 3 is 2.53 bits per heavy atom. The normalized spacial score (nSPS) is 14.2. The van der Waals surface area contributed by atoms with E-state index in [2.05, 4.69) is 65.8 Å². The van der Waals surface area contributed by atoms with Gasteiger partial charge in [-0.1, -0.05) is 37.8 Å². The predicted molar refractivity (Wildman–Crippen MR) is 193 cm³/mol. The average Bonchev–Trinajstić information content (AvgIpc) is 3.61. The molecule has 4 heterocycles. The third kappa shape index (κ3) is 8.15. The van der Waals surface area contributed by atoms with Crippen LogP contribution in [-0.2, 0) is 23.3 Å². The second-order valence-corrected chi connectivity index (χ2v) is 19.4. The van der Waals surface area contributed by atoms with E-state index in [1.165, 1.54) is 6.08 Å². The van der Waals surface area contributed by atoms with E-state index in [0.717, 1.165) is 43.2 Å². The van der Waals surface area contributed by atoms with Gasteiger partial charge in [0.15, 0.2) is 0 Å². The largest absolute Gasteiger partial charge is 0.494 e. The maximum Gasteiger partial charge on any atom is 0.247 e. The quantitative estimate of drug-likeness (QED) is 0.0968. The Labute approximate surface area is 282 Å². The first kappa shape index (κ1) is 34.4. The number of carbonyl (C=O) groups excluding carboxylic acids is 1. The first-order valence-corrected chi connectivity index (χ1v) is 19.9. The Kier molecular flexibility index (Phi) is 10.6. The molecule has 0 radical (unpaired) electrons. The lowest BCUT2D eigenvalue weighted by molar-refractivity contribution is -0.111. The van der Waals surface area contributed by atoms with Crippen LogP contribution in [-0.4, -0.2) is 90.1 Å². The standard InChI is InChI=1S/C33H46ClN9O3Si/c1-9-29(44)36-25-16-26(28(45-5)17-27(25)42-12-10-23(11-13-42)40(2)3)37-33-38-31(22-18-35-41(4)19-22)30-24(34)20-43(32(30)39-33)21-46-14-15-47(6,7)8/h9,16-20,23H,1,10-15,21H2,2-8H3,(H,36,44)(H,37,38,39). The molecule has 47 heavy (non-hydrogen) atoms. The molecule has 1 amide bonds. The number of fused-ring (bicyclic) bond motifs is 1. The van der Waals surface area contributed by atoms with E-state index in [4.69, 9.17) is 31.0 Å². The number of nitrogens with zero attached hydrogens (tertiary/aromatic N) is 7. The van der Waals surface area contributed by atoms with Crippen molar-refractivity contribution in [2.24, 2.45) is 7.05 Å². The van der Waals surface area contributed by atoms with Crippen molar-refractivity contribution in [1.82, 2.24) is 29.2 Å². The second kappa shape index (κ2) is 14.5. The number of anilines is 4. The van der Waals surface area contributed by atoms with Crippen molar-refractivity contribution in [1.29, 1.82) is 0 Å². The van der Waals surface area contributed by atoms with Crippen molar-refractivity contribution >= 4 is 59.6 Å². The highest BCUT2D eigenvalue weighted by Gasteiger charge is 2.25. The van der Waals surface area contributed by atoms with E-state index in [9.17, 15) is 4.79 Å². The fourth-order valence-electron chi connectivity index (χ4n) is 5.71. The number of hydrogen-bond donors (Lipinski definition) is 2. The fourth-order valence-corrected chi connectivity index (χ4v) is 6.76. The fraction of sp³-hybridized carbons (Fsp3) is 0.455. The number of ether oxygens (including phenoxy) is 2. The number of aryl methyl sites for hydroxylation is 1. The number of halogens is 1. The highest BCUT2D eigenvalue weighted by Crippen LogP contribution is 2.40. The number of nitrogens with one attached hydrogen (secondary N) is 2. The van der Waals surface area contributed by atoms with E-state index in [-0.39, 0.29) is 5.91 Å². The Morgan fingerprint density at radius 1 is 1.17 bits per heavy atom. The molecule has 1 aliphatic heterocycles. The first-order chi connectivity index (χ1) is 22.4. The summed E-state index contributed by atoms with van der Waals surface area (Å²) in [6.45, 7) is 13.3. The van der Waals surface area contributed by atoms with Crippen LogP contribution >= 0.6 is 11.6 Å². The summed E-state index contributed by atoms with van der Waals surface area (Å²) in [6, 6.07) is 5.37. The third-order valence-electron chi connectivity index (χ3n) is 8.42. The molecule has 14 heteroatoms. The summed E-state index contributed by atoms with van der Waals surface area (Å²) in [7, 11) is 6.46. The van der Waals surface area contributed by atoms with Crippen LogP contribution in [0.5, 0.6) is 5.75 Å². The molecule has 5 rings (SSSR count). The molecule has 0 atom stereocenters. The number of amides is 1. The topological polar surface area (TPSA) is 115 Å². The molecule has 1 aromatic carbocycles. The Hall–Kier alpha value is -3.91. The van der Waals surface area contributed by atoms with E-state index in [1.807, 2.05) is 36.1 Å². The maximum absolute atomic E-state index is 12.6. The molecule has 0 aliphatic carbocycles. The van der Waals surface area contributed by atoms with Gasteiger partial charge in [-0.05, 0) is 45.1 Å². The van der Waals surface area contributed by atoms with E-state index in [0.29, 0.717) is 64.2 Å². The van der Waals surface area contributed by atoms with Crippen LogP contribution in [0.3, 0.4) is 0 Å². The predicted octanol–water partition coefficient (Wildman–Crippen LogP) is 6.20. The number of methoxy groups -OCH3 is 1. The lowest BCUT2D eigenvalue weighted by Crippen LogP contribution is -2.42. The molecule has 0 spiro atoms. The molecular weight excluding hydrogens is 634 g/mol. The van der Waals surface area contributed by atoms with E-state index < -0.39 is 8.07 Å². The van der Waals surface area contributed by atoms with Gasteiger partial charge in [-0.15, -0.1) is 0 Å². The van der Waals surface area contributed by atoms with Crippen molar-refractivity contribution in [2.45, 2.75) is 51.3 Å². The number of carbonyl (C=O) groups is 1. The van der Waals surface area contributed by atoms with Crippen LogP contribution in [0.2, 0.25) is 30.7 Å². The second-order valence-electron chi connectivity index (χ2n) is 13.4. The van der Waals surface area contributed by atoms with Gasteiger partial charge in [0.1, 0.15) is 18.1 Å². The molecule has 4 aromatic rings. The minimum absolute atomic E-state index is 0.302. The summed E-state index contributed by atoms with van der Waals surface area (Å²) in [6.07, 6.45) is 8.76. The van der Waals surface area contributed by atoms with Crippen LogP contribution in [0.25, 0.3) is 22.3 Å². The highest BCUT2D eigenvalue weighted by molar-refractivity contribution is 6.76. The van der Waals surface area contributed by atoms with Crippen molar-refractivity contribution in [3.8, 4) is 17.0 Å². The van der Waals surface area contributed by atoms with Crippen molar-refractivity contribution < 1.29 is 14.3 Å². The molecule has 0 bridgehead atoms. The van der Waals surface area contributed by atoms with Gasteiger partial charge in [0.05, 0.1) is 46.5 Å². The lowest BCUT2D eigenvalue weighted by atomic mass is 10.0. The number of rotatable bonds is 13. The monoisotopic (exact) mass is 679 g/mol. The van der Waals surface area contributed by atoms with E-state index in [1.54, 1.807) is 18.0 Å². The summed E-state index contributed by atoms with van der Waals surface area (Å²) < 4.78 is 15.6. The third-order valence-corrected chi connectivity index (χ3v) is 10.4. The van der Waals surface area contributed by atoms with Gasteiger partial charge in [0.2, 0.25) is 11.9 Å². The van der Waals surface area contributed by atoms with Gasteiger partial charge < -0.3 is 34.5 Å². The maximum atomic E-state index is 12.6. The summed E-state index contributed by atoms with van der Waals surface area (Å²) in [5.74, 6) is 0.609. The molecule has 2 N–H and O–H groups in total. The molecule has 3 aromatic heterocycles. The molecule has 1 saturated heterocycles. The van der Waals surface area contributed by atoms with Crippen LogP contribution in [0.1, 0.15) is 12.8 Å². The van der Waals surface area contributed by atoms with Gasteiger partial charge >= 0.3 is 0 Å². The van der Waals surface area contributed by atoms with Gasteiger partial charge in [0, 0.05) is 64.9 Å². The molecule has 0 saturated carbocycles. The lowest BCUT2D eigenvalue weighted by Gasteiger charge is -2.37. The average molecular weight is 680 g/mol. The Bertz CT molecular complexity index is 1740. The minimum atomic E-state index is -1.25. The van der Waals surface area contributed by atoms with Crippen molar-refractivity contribution in [3.05, 3.63) is 48.4 Å². The SMILES string of the molecule is C=CC(=O)Nc1cc(Nc2nc(-c3cnn(C)c3)c3c(Cl)cn(COCC[Si](C)(C)C)c3n2)c(OC)cc1N1CCC(N(C)C)CC1. The van der Waals surface area contributed by atoms with Crippen LogP contribution in [0.4, 0.5) is 23.0 Å². The summed E-state index contributed by atoms with van der Waals surface area (Å²) in [4.78, 5) is 27.0. The van der Waals surface area contributed by atoms with Gasteiger partial charge in [-0.2, -0.15) is 10.1 Å². The number of aromatic nitrogens is 5. The first-order valence-electron chi connectivity index (χ1n) is 15.8. The van der Waals surface area contributed by atoms with Crippen molar-refractivity contribution in [3.63, 3.8) is 0 Å². The van der Waals surface area contributed by atoms with Crippen LogP contribution in [0, 0.1) is 0 Å². The van der Waals surface area contributed by atoms with Crippen LogP contribution < -0.4 is 20.3 Å². The summed E-state index contributed by atoms with van der Waals surface area (Å²) in [5, 5.41) is 12.0. The number of hydrogen-bond acceptors (Lipinski definition) is 9. The van der Waals surface area contributed by atoms with Gasteiger partial charge in [-0.25, -0.2) is 4.98 Å². The summed E-state index contributed by atoms with van der Waals surface area (Å²) in [5.41, 5.74) is 4.16. The van der Waals surface area contributed by atoms with Gasteiger partial charge in [-0.3, -0.25) is 9.48 Å². The van der Waals surface area contributed by atoms with Crippen LogP contribution in [0.15, 0.2) is 43.4 Å². The molecule has 12 nitrogen and oxygen atoms in total. The Balaban J connectivity index is 1.54.